The zero-order valence-corrected chi connectivity index (χ0v) is 19.1. The Morgan fingerprint density at radius 3 is 2.63 bits per heavy atom. The minimum atomic E-state index is -1.33. The van der Waals surface area contributed by atoms with Gasteiger partial charge in [0.05, 0.1) is 16.9 Å². The Morgan fingerprint density at radius 2 is 1.91 bits per heavy atom. The second kappa shape index (κ2) is 8.10. The lowest BCUT2D eigenvalue weighted by Crippen LogP contribution is -2.30. The highest BCUT2D eigenvalue weighted by Gasteiger charge is 2.33. The normalized spacial score (nSPS) is 21.1. The van der Waals surface area contributed by atoms with Gasteiger partial charge in [-0.15, -0.1) is 0 Å². The van der Waals surface area contributed by atoms with E-state index in [1.54, 1.807) is 4.57 Å². The van der Waals surface area contributed by atoms with E-state index in [0.29, 0.717) is 36.2 Å². The quantitative estimate of drug-likeness (QED) is 0.489. The molecule has 4 heterocycles. The second-order valence-electron chi connectivity index (χ2n) is 9.46. The summed E-state index contributed by atoms with van der Waals surface area (Å²) in [5.74, 6) is -0.168. The number of rotatable bonds is 6. The molecule has 3 aliphatic rings. The summed E-state index contributed by atoms with van der Waals surface area (Å²) in [6.45, 7) is 3.21. The van der Waals surface area contributed by atoms with Gasteiger partial charge >= 0.3 is 5.97 Å². The summed E-state index contributed by atoms with van der Waals surface area (Å²) < 4.78 is 23.1. The summed E-state index contributed by atoms with van der Waals surface area (Å²) in [7, 11) is 0. The number of aromatic nitrogens is 3. The number of ether oxygens (including phenoxy) is 1. The lowest BCUT2D eigenvalue weighted by Gasteiger charge is -2.31. The molecule has 11 heteroatoms. The number of anilines is 3. The van der Waals surface area contributed by atoms with E-state index < -0.39 is 17.2 Å². The van der Waals surface area contributed by atoms with Gasteiger partial charge in [0.15, 0.2) is 11.6 Å². The van der Waals surface area contributed by atoms with Crippen LogP contribution in [0.1, 0.15) is 42.6 Å². The van der Waals surface area contributed by atoms with Crippen LogP contribution in [0.2, 0.25) is 0 Å². The largest absolute Gasteiger partial charge is 0.487 e. The van der Waals surface area contributed by atoms with E-state index in [1.807, 2.05) is 17.9 Å². The monoisotopic (exact) mass is 480 g/mol. The molecule has 3 N–H and O–H groups in total. The van der Waals surface area contributed by atoms with E-state index in [9.17, 15) is 14.7 Å². The number of aromatic carboxylic acids is 1. The Bertz CT molecular complexity index is 1410. The first-order chi connectivity index (χ1) is 16.9. The number of carboxylic acids is 1. The van der Waals surface area contributed by atoms with Crippen LogP contribution in [0.15, 0.2) is 29.5 Å². The van der Waals surface area contributed by atoms with Gasteiger partial charge in [-0.25, -0.2) is 19.2 Å². The molecule has 2 fully saturated rings. The van der Waals surface area contributed by atoms with Gasteiger partial charge in [0.1, 0.15) is 35.8 Å². The predicted molar refractivity (Wildman–Crippen MR) is 128 cm³/mol. The molecule has 2 aromatic heterocycles. The van der Waals surface area contributed by atoms with Crippen molar-refractivity contribution in [1.29, 1.82) is 0 Å². The molecular formula is C24H25FN6O4. The van der Waals surface area contributed by atoms with Gasteiger partial charge < -0.3 is 29.9 Å². The minimum Gasteiger partial charge on any atom is -0.487 e. The van der Waals surface area contributed by atoms with Gasteiger partial charge in [-0.1, -0.05) is 0 Å². The summed E-state index contributed by atoms with van der Waals surface area (Å²) in [6, 6.07) is 3.33. The number of nitrogens with zero attached hydrogens (tertiary/aromatic N) is 4. The van der Waals surface area contributed by atoms with Gasteiger partial charge in [-0.05, 0) is 32.3 Å². The summed E-state index contributed by atoms with van der Waals surface area (Å²) in [4.78, 5) is 34.9. The van der Waals surface area contributed by atoms with Gasteiger partial charge in [0, 0.05) is 37.4 Å². The topological polar surface area (TPSA) is 122 Å². The molecule has 0 amide bonds. The van der Waals surface area contributed by atoms with E-state index in [2.05, 4.69) is 20.6 Å². The molecule has 1 aliphatic carbocycles. The number of carbonyl (C=O) groups is 1. The van der Waals surface area contributed by atoms with Crippen molar-refractivity contribution >= 4 is 34.2 Å². The van der Waals surface area contributed by atoms with Crippen molar-refractivity contribution in [2.45, 2.75) is 44.3 Å². The standard InChI is InChI=1S/C24H25FN6O4/c1-12-10-35-23-20-15(22(32)16(24(33)34)9-31(12)20)6-17(25)21(23)30-5-4-14(8-30)29-19-7-18(26-11-27-19)28-13-2-3-13/h6-7,9,11-14H,2-5,8,10H2,1H3,(H,33,34)(H2,26,27,28,29)/t12-,14?/m0/s1. The van der Waals surface area contributed by atoms with Crippen LogP contribution in [0.25, 0.3) is 10.9 Å². The molecule has 1 saturated heterocycles. The zero-order chi connectivity index (χ0) is 24.3. The van der Waals surface area contributed by atoms with E-state index in [4.69, 9.17) is 4.74 Å². The summed E-state index contributed by atoms with van der Waals surface area (Å²) in [5.41, 5.74) is -0.370. The molecule has 182 valence electrons. The smallest absolute Gasteiger partial charge is 0.341 e. The van der Waals surface area contributed by atoms with E-state index >= 15 is 4.39 Å². The number of halogens is 1. The van der Waals surface area contributed by atoms with Crippen molar-refractivity contribution in [3.05, 3.63) is 46.3 Å². The molecule has 1 unspecified atom stereocenters. The van der Waals surface area contributed by atoms with Crippen LogP contribution in [0, 0.1) is 5.82 Å². The first-order valence-electron chi connectivity index (χ1n) is 11.8. The van der Waals surface area contributed by atoms with Crippen LogP contribution in [0.4, 0.5) is 21.7 Å². The third kappa shape index (κ3) is 3.80. The van der Waals surface area contributed by atoms with Crippen molar-refractivity contribution < 1.29 is 19.0 Å². The van der Waals surface area contributed by atoms with Crippen LogP contribution in [-0.4, -0.2) is 57.4 Å². The maximum Gasteiger partial charge on any atom is 0.341 e. The van der Waals surface area contributed by atoms with Gasteiger partial charge in [0.2, 0.25) is 5.43 Å². The first kappa shape index (κ1) is 21.6. The highest BCUT2D eigenvalue weighted by atomic mass is 19.1. The Balaban J connectivity index is 1.32. The number of pyridine rings is 1. The molecule has 10 nitrogen and oxygen atoms in total. The van der Waals surface area contributed by atoms with Crippen LogP contribution >= 0.6 is 0 Å². The molecule has 6 rings (SSSR count). The van der Waals surface area contributed by atoms with E-state index in [1.165, 1.54) is 12.5 Å². The molecule has 35 heavy (non-hydrogen) atoms. The number of nitrogens with one attached hydrogen (secondary N) is 2. The average Bonchev–Trinajstić information content (AvgIpc) is 3.52. The molecule has 2 atom stereocenters. The fourth-order valence-corrected chi connectivity index (χ4v) is 4.90. The molecule has 0 radical (unpaired) electrons. The van der Waals surface area contributed by atoms with Gasteiger partial charge in [-0.2, -0.15) is 0 Å². The highest BCUT2D eigenvalue weighted by Crippen LogP contribution is 2.43. The van der Waals surface area contributed by atoms with E-state index in [-0.39, 0.29) is 35.4 Å². The molecule has 0 spiro atoms. The van der Waals surface area contributed by atoms with Crippen molar-refractivity contribution in [3.63, 3.8) is 0 Å². The molecule has 3 aromatic rings. The Labute approximate surface area is 199 Å². The Kier molecular flexibility index (Phi) is 5.01. The van der Waals surface area contributed by atoms with Crippen molar-refractivity contribution in [2.24, 2.45) is 0 Å². The molecule has 2 aliphatic heterocycles. The van der Waals surface area contributed by atoms with Crippen molar-refractivity contribution in [2.75, 3.05) is 35.2 Å². The maximum atomic E-state index is 15.5. The minimum absolute atomic E-state index is 0.0123. The summed E-state index contributed by atoms with van der Waals surface area (Å²) >= 11 is 0. The summed E-state index contributed by atoms with van der Waals surface area (Å²) in [5, 5.41) is 16.2. The maximum absolute atomic E-state index is 15.5. The van der Waals surface area contributed by atoms with Crippen LogP contribution < -0.4 is 25.7 Å². The number of carboxylic acid groups (broad SMARTS) is 1. The lowest BCUT2D eigenvalue weighted by molar-refractivity contribution is 0.0694. The lowest BCUT2D eigenvalue weighted by atomic mass is 10.1. The second-order valence-corrected chi connectivity index (χ2v) is 9.46. The third-order valence-electron chi connectivity index (χ3n) is 6.83. The highest BCUT2D eigenvalue weighted by molar-refractivity contribution is 5.97. The molecule has 1 saturated carbocycles. The SMILES string of the molecule is C[C@H]1COc2c(N3CCC(Nc4cc(NC5CC5)ncn4)C3)c(F)cc3c(=O)c(C(=O)O)cn1c23. The van der Waals surface area contributed by atoms with Crippen molar-refractivity contribution in [3.8, 4) is 5.75 Å². The van der Waals surface area contributed by atoms with Crippen LogP contribution in [0.3, 0.4) is 0 Å². The number of hydrogen-bond donors (Lipinski definition) is 3. The number of hydrogen-bond acceptors (Lipinski definition) is 8. The Hall–Kier alpha value is -3.89. The fraction of sp³-hybridized carbons (Fsp3) is 0.417. The predicted octanol–water partition coefficient (Wildman–Crippen LogP) is 2.85. The Morgan fingerprint density at radius 1 is 1.17 bits per heavy atom. The van der Waals surface area contributed by atoms with Gasteiger partial charge in [-0.3, -0.25) is 4.79 Å². The van der Waals surface area contributed by atoms with E-state index in [0.717, 1.165) is 31.1 Å². The zero-order valence-electron chi connectivity index (χ0n) is 19.1. The molecule has 0 bridgehead atoms. The van der Waals surface area contributed by atoms with Gasteiger partial charge in [0.25, 0.3) is 0 Å². The third-order valence-corrected chi connectivity index (χ3v) is 6.83. The summed E-state index contributed by atoms with van der Waals surface area (Å²) in [6.07, 6.45) is 5.91. The van der Waals surface area contributed by atoms with Crippen LogP contribution in [0.5, 0.6) is 5.75 Å². The average molecular weight is 481 g/mol. The first-order valence-corrected chi connectivity index (χ1v) is 11.8. The van der Waals surface area contributed by atoms with Crippen molar-refractivity contribution in [1.82, 2.24) is 14.5 Å². The number of benzene rings is 1. The van der Waals surface area contributed by atoms with Crippen LogP contribution in [-0.2, 0) is 0 Å². The molecule has 1 aromatic carbocycles. The fourth-order valence-electron chi connectivity index (χ4n) is 4.90. The molecular weight excluding hydrogens is 455 g/mol.